The number of guanidine groups is 1. The van der Waals surface area contributed by atoms with Gasteiger partial charge in [-0.25, -0.2) is 0 Å². The number of piperidine rings is 1. The van der Waals surface area contributed by atoms with Gasteiger partial charge in [-0.3, -0.25) is 4.99 Å². The Morgan fingerprint density at radius 2 is 1.91 bits per heavy atom. The number of hydrogen-bond acceptors (Lipinski definition) is 4. The van der Waals surface area contributed by atoms with Gasteiger partial charge >= 0.3 is 0 Å². The summed E-state index contributed by atoms with van der Waals surface area (Å²) in [4.78, 5) is 7.12. The van der Waals surface area contributed by atoms with Crippen molar-refractivity contribution < 1.29 is 9.47 Å². The maximum Gasteiger partial charge on any atom is 0.191 e. The molecule has 0 radical (unpaired) electrons. The van der Waals surface area contributed by atoms with Gasteiger partial charge in [-0.05, 0) is 52.2 Å². The van der Waals surface area contributed by atoms with Crippen molar-refractivity contribution in [1.82, 2.24) is 15.5 Å². The molecule has 0 spiro atoms. The van der Waals surface area contributed by atoms with Crippen molar-refractivity contribution in [3.05, 3.63) is 0 Å². The second-order valence-electron chi connectivity index (χ2n) is 5.85. The number of methoxy groups -OCH3 is 1. The van der Waals surface area contributed by atoms with Crippen molar-refractivity contribution >= 4 is 29.9 Å². The fourth-order valence-electron chi connectivity index (χ4n) is 2.43. The lowest BCUT2D eigenvalue weighted by Crippen LogP contribution is -2.39. The molecule has 6 nitrogen and oxygen atoms in total. The highest BCUT2D eigenvalue weighted by Crippen LogP contribution is 2.15. The Labute approximate surface area is 158 Å². The molecule has 2 N–H and O–H groups in total. The summed E-state index contributed by atoms with van der Waals surface area (Å²) in [6, 6.07) is 0. The number of halogens is 1. The second kappa shape index (κ2) is 15.4. The minimum absolute atomic E-state index is 0. The van der Waals surface area contributed by atoms with Crippen LogP contribution < -0.4 is 10.6 Å². The molecule has 1 rings (SSSR count). The molecular weight excluding hydrogens is 407 g/mol. The van der Waals surface area contributed by atoms with E-state index in [2.05, 4.69) is 29.5 Å². The van der Waals surface area contributed by atoms with E-state index in [9.17, 15) is 0 Å². The van der Waals surface area contributed by atoms with E-state index in [1.807, 2.05) is 0 Å². The third-order valence-electron chi connectivity index (χ3n) is 3.88. The predicted octanol–water partition coefficient (Wildman–Crippen LogP) is 1.55. The van der Waals surface area contributed by atoms with Gasteiger partial charge in [0.25, 0.3) is 0 Å². The van der Waals surface area contributed by atoms with Gasteiger partial charge in [0.1, 0.15) is 0 Å². The van der Waals surface area contributed by atoms with Crippen LogP contribution in [0.25, 0.3) is 0 Å². The van der Waals surface area contributed by atoms with Crippen LogP contribution in [0.5, 0.6) is 0 Å². The summed E-state index contributed by atoms with van der Waals surface area (Å²) in [5.74, 6) is 1.65. The number of rotatable bonds is 10. The van der Waals surface area contributed by atoms with Gasteiger partial charge in [-0.15, -0.1) is 24.0 Å². The monoisotopic (exact) mass is 442 g/mol. The van der Waals surface area contributed by atoms with Gasteiger partial charge in [-0.2, -0.15) is 0 Å². The highest BCUT2D eigenvalue weighted by atomic mass is 127. The number of nitrogens with one attached hydrogen (secondary N) is 2. The van der Waals surface area contributed by atoms with Gasteiger partial charge < -0.3 is 25.0 Å². The molecule has 0 saturated carbocycles. The topological polar surface area (TPSA) is 58.1 Å². The Hall–Kier alpha value is -0.120. The molecule has 0 aromatic carbocycles. The highest BCUT2D eigenvalue weighted by molar-refractivity contribution is 14.0. The summed E-state index contributed by atoms with van der Waals surface area (Å²) in [6.45, 7) is 9.27. The minimum atomic E-state index is 0. The molecule has 0 atom stereocenters. The number of hydrogen-bond donors (Lipinski definition) is 2. The smallest absolute Gasteiger partial charge is 0.191 e. The largest absolute Gasteiger partial charge is 0.382 e. The van der Waals surface area contributed by atoms with Crippen LogP contribution in [-0.2, 0) is 9.47 Å². The fourth-order valence-corrected chi connectivity index (χ4v) is 2.43. The molecule has 0 aromatic heterocycles. The molecule has 7 heteroatoms. The fraction of sp³-hybridized carbons (Fsp3) is 0.938. The zero-order valence-corrected chi connectivity index (χ0v) is 17.3. The van der Waals surface area contributed by atoms with E-state index < -0.39 is 0 Å². The molecule has 1 aliphatic heterocycles. The average Bonchev–Trinajstić information content (AvgIpc) is 2.53. The normalized spacial score (nSPS) is 16.9. The molecule has 0 amide bonds. The Morgan fingerprint density at radius 1 is 1.17 bits per heavy atom. The molecule has 138 valence electrons. The SMILES string of the molecule is CCNC(=NCC1CCN(C)CC1)NCCCOCCOC.I. The van der Waals surface area contributed by atoms with E-state index in [1.165, 1.54) is 25.9 Å². The van der Waals surface area contributed by atoms with Gasteiger partial charge in [0.2, 0.25) is 0 Å². The average molecular weight is 442 g/mol. The number of likely N-dealkylation sites (tertiary alicyclic amines) is 1. The summed E-state index contributed by atoms with van der Waals surface area (Å²) in [7, 11) is 3.88. The van der Waals surface area contributed by atoms with E-state index in [4.69, 9.17) is 14.5 Å². The lowest BCUT2D eigenvalue weighted by atomic mass is 9.97. The van der Waals surface area contributed by atoms with Crippen LogP contribution in [0.1, 0.15) is 26.2 Å². The van der Waals surface area contributed by atoms with Crippen LogP contribution in [0, 0.1) is 5.92 Å². The standard InChI is InChI=1S/C16H34N4O2.HI/c1-4-17-16(18-8-5-11-22-13-12-21-3)19-14-15-6-9-20(2)10-7-15;/h15H,4-14H2,1-3H3,(H2,17,18,19);1H. The van der Waals surface area contributed by atoms with E-state index >= 15 is 0 Å². The summed E-state index contributed by atoms with van der Waals surface area (Å²) in [6.07, 6.45) is 3.49. The van der Waals surface area contributed by atoms with Crippen LogP contribution in [0.4, 0.5) is 0 Å². The Kier molecular flexibility index (Phi) is 15.3. The third kappa shape index (κ3) is 12.0. The van der Waals surface area contributed by atoms with E-state index in [0.29, 0.717) is 13.2 Å². The highest BCUT2D eigenvalue weighted by Gasteiger charge is 2.16. The molecule has 23 heavy (non-hydrogen) atoms. The van der Waals surface area contributed by atoms with Crippen molar-refractivity contribution in [2.75, 3.05) is 66.7 Å². The molecule has 0 bridgehead atoms. The van der Waals surface area contributed by atoms with Crippen LogP contribution in [0.15, 0.2) is 4.99 Å². The maximum absolute atomic E-state index is 5.45. The van der Waals surface area contributed by atoms with E-state index in [1.54, 1.807) is 7.11 Å². The van der Waals surface area contributed by atoms with Crippen LogP contribution in [0.3, 0.4) is 0 Å². The van der Waals surface area contributed by atoms with Crippen molar-refractivity contribution in [2.24, 2.45) is 10.9 Å². The summed E-state index contributed by atoms with van der Waals surface area (Å²) < 4.78 is 10.4. The molecule has 1 aliphatic rings. The Morgan fingerprint density at radius 3 is 2.57 bits per heavy atom. The maximum atomic E-state index is 5.45. The van der Waals surface area contributed by atoms with Gasteiger partial charge in [0.15, 0.2) is 5.96 Å². The molecule has 1 fully saturated rings. The molecule has 0 aromatic rings. The lowest BCUT2D eigenvalue weighted by molar-refractivity contribution is 0.0698. The first-order chi connectivity index (χ1) is 10.8. The van der Waals surface area contributed by atoms with Crippen LogP contribution in [0.2, 0.25) is 0 Å². The zero-order chi connectivity index (χ0) is 16.0. The lowest BCUT2D eigenvalue weighted by Gasteiger charge is -2.28. The van der Waals surface area contributed by atoms with Gasteiger partial charge in [0.05, 0.1) is 13.2 Å². The third-order valence-corrected chi connectivity index (χ3v) is 3.88. The zero-order valence-electron chi connectivity index (χ0n) is 15.0. The molecule has 1 heterocycles. The van der Waals surface area contributed by atoms with Crippen LogP contribution in [-0.4, -0.2) is 77.6 Å². The summed E-state index contributed by atoms with van der Waals surface area (Å²) in [5.41, 5.74) is 0. The quantitative estimate of drug-likeness (QED) is 0.233. The molecular formula is C16H35IN4O2. The van der Waals surface area contributed by atoms with Crippen molar-refractivity contribution in [1.29, 1.82) is 0 Å². The van der Waals surface area contributed by atoms with Crippen molar-refractivity contribution in [3.63, 3.8) is 0 Å². The number of nitrogens with zero attached hydrogens (tertiary/aromatic N) is 2. The van der Waals surface area contributed by atoms with Gasteiger partial charge in [0, 0.05) is 33.4 Å². The first kappa shape index (κ1) is 22.9. The number of ether oxygens (including phenoxy) is 2. The molecule has 0 unspecified atom stereocenters. The first-order valence-corrected chi connectivity index (χ1v) is 8.53. The Bertz CT molecular complexity index is 298. The second-order valence-corrected chi connectivity index (χ2v) is 5.85. The summed E-state index contributed by atoms with van der Waals surface area (Å²) in [5, 5.41) is 6.69. The van der Waals surface area contributed by atoms with E-state index in [0.717, 1.165) is 44.5 Å². The van der Waals surface area contributed by atoms with Crippen molar-refractivity contribution in [2.45, 2.75) is 26.2 Å². The predicted molar refractivity (Wildman–Crippen MR) is 107 cm³/mol. The van der Waals surface area contributed by atoms with Crippen molar-refractivity contribution in [3.8, 4) is 0 Å². The minimum Gasteiger partial charge on any atom is -0.382 e. The van der Waals surface area contributed by atoms with Gasteiger partial charge in [-0.1, -0.05) is 0 Å². The number of aliphatic imine (C=N–C) groups is 1. The summed E-state index contributed by atoms with van der Waals surface area (Å²) >= 11 is 0. The first-order valence-electron chi connectivity index (χ1n) is 8.53. The van der Waals surface area contributed by atoms with E-state index in [-0.39, 0.29) is 24.0 Å². The molecule has 1 saturated heterocycles. The Balaban J connectivity index is 0.00000484. The molecule has 0 aliphatic carbocycles. The van der Waals surface area contributed by atoms with Crippen LogP contribution >= 0.6 is 24.0 Å².